The standard InChI is InChI=1S/C28H23F3O5/c1-19(2)27(32)36-17-16-35-24-12-13-25(26(18-24)28(29,30)31)22-6-4-20(5-7-22)21-8-10-23(11-9-21)34-15-14-33-3/h4-18H,1H2,2-3H3/b15-14-,17-16-. The first-order valence-electron chi connectivity index (χ1n) is 10.6. The normalized spacial score (nSPS) is 11.5. The third-order valence-electron chi connectivity index (χ3n) is 4.86. The summed E-state index contributed by atoms with van der Waals surface area (Å²) in [5.74, 6) is -0.120. The number of hydrogen-bond donors (Lipinski definition) is 0. The van der Waals surface area contributed by atoms with Crippen LogP contribution in [0.25, 0.3) is 22.3 Å². The number of benzene rings is 3. The van der Waals surface area contributed by atoms with Gasteiger partial charge in [0.2, 0.25) is 0 Å². The first kappa shape index (κ1) is 26.2. The van der Waals surface area contributed by atoms with Crippen LogP contribution >= 0.6 is 0 Å². The summed E-state index contributed by atoms with van der Waals surface area (Å²) in [4.78, 5) is 11.3. The molecule has 0 aromatic heterocycles. The summed E-state index contributed by atoms with van der Waals surface area (Å²) < 4.78 is 61.5. The molecule has 0 fully saturated rings. The first-order chi connectivity index (χ1) is 17.2. The molecule has 0 spiro atoms. The van der Waals surface area contributed by atoms with Gasteiger partial charge in [0.05, 0.1) is 12.7 Å². The molecule has 0 unspecified atom stereocenters. The molecular formula is C28H23F3O5. The summed E-state index contributed by atoms with van der Waals surface area (Å²) in [6.07, 6.45) is 0.115. The Hall–Kier alpha value is -4.46. The number of rotatable bonds is 9. The monoisotopic (exact) mass is 496 g/mol. The number of methoxy groups -OCH3 is 1. The van der Waals surface area contributed by atoms with Crippen molar-refractivity contribution >= 4 is 5.97 Å². The highest BCUT2D eigenvalue weighted by Crippen LogP contribution is 2.39. The van der Waals surface area contributed by atoms with Crippen LogP contribution in [0.5, 0.6) is 11.5 Å². The van der Waals surface area contributed by atoms with Crippen LogP contribution in [-0.4, -0.2) is 13.1 Å². The fraction of sp³-hybridized carbons (Fsp3) is 0.107. The number of carbonyl (C=O) groups excluding carboxylic acids is 1. The average Bonchev–Trinajstić information content (AvgIpc) is 2.86. The lowest BCUT2D eigenvalue weighted by molar-refractivity contribution is -0.137. The van der Waals surface area contributed by atoms with Gasteiger partial charge in [-0.15, -0.1) is 0 Å². The minimum atomic E-state index is -4.61. The van der Waals surface area contributed by atoms with Crippen molar-refractivity contribution in [1.82, 2.24) is 0 Å². The van der Waals surface area contributed by atoms with Gasteiger partial charge in [-0.05, 0) is 53.4 Å². The molecular weight excluding hydrogens is 473 g/mol. The second kappa shape index (κ2) is 11.8. The highest BCUT2D eigenvalue weighted by Gasteiger charge is 2.34. The Morgan fingerprint density at radius 2 is 1.31 bits per heavy atom. The van der Waals surface area contributed by atoms with E-state index in [-0.39, 0.29) is 16.9 Å². The fourth-order valence-corrected chi connectivity index (χ4v) is 3.11. The van der Waals surface area contributed by atoms with Crippen LogP contribution in [0.2, 0.25) is 0 Å². The SMILES string of the molecule is C=C(C)C(=O)O/C=C\Oc1ccc(-c2ccc(-c3ccc(O/C=C\OC)cc3)cc2)c(C(F)(F)F)c1. The number of carbonyl (C=O) groups is 1. The van der Waals surface area contributed by atoms with Crippen LogP contribution in [0, 0.1) is 0 Å². The molecule has 5 nitrogen and oxygen atoms in total. The van der Waals surface area contributed by atoms with Gasteiger partial charge in [-0.2, -0.15) is 13.2 Å². The van der Waals surface area contributed by atoms with Gasteiger partial charge in [-0.1, -0.05) is 49.0 Å². The van der Waals surface area contributed by atoms with Crippen molar-refractivity contribution in [3.8, 4) is 33.8 Å². The lowest BCUT2D eigenvalue weighted by Crippen LogP contribution is -2.07. The van der Waals surface area contributed by atoms with Gasteiger partial charge in [0, 0.05) is 5.57 Å². The summed E-state index contributed by atoms with van der Waals surface area (Å²) >= 11 is 0. The van der Waals surface area contributed by atoms with Crippen LogP contribution in [0.3, 0.4) is 0 Å². The van der Waals surface area contributed by atoms with Crippen LogP contribution < -0.4 is 9.47 Å². The molecule has 0 N–H and O–H groups in total. The maximum atomic E-state index is 13.8. The van der Waals surface area contributed by atoms with Crippen LogP contribution in [0.15, 0.2) is 104 Å². The lowest BCUT2D eigenvalue weighted by Gasteiger charge is -2.15. The number of hydrogen-bond acceptors (Lipinski definition) is 5. The second-order valence-electron chi connectivity index (χ2n) is 7.51. The van der Waals surface area contributed by atoms with E-state index in [9.17, 15) is 18.0 Å². The van der Waals surface area contributed by atoms with E-state index in [0.717, 1.165) is 29.7 Å². The molecule has 186 valence electrons. The van der Waals surface area contributed by atoms with Crippen molar-refractivity contribution in [3.63, 3.8) is 0 Å². The molecule has 0 radical (unpaired) electrons. The van der Waals surface area contributed by atoms with E-state index in [0.29, 0.717) is 11.3 Å². The van der Waals surface area contributed by atoms with Gasteiger partial charge < -0.3 is 18.9 Å². The van der Waals surface area contributed by atoms with E-state index in [2.05, 4.69) is 6.58 Å². The van der Waals surface area contributed by atoms with Gasteiger partial charge >= 0.3 is 12.1 Å². The summed E-state index contributed by atoms with van der Waals surface area (Å²) in [6.45, 7) is 4.89. The molecule has 0 amide bonds. The van der Waals surface area contributed by atoms with Gasteiger partial charge in [0.1, 0.15) is 36.5 Å². The smallest absolute Gasteiger partial charge is 0.417 e. The molecule has 0 aliphatic carbocycles. The van der Waals surface area contributed by atoms with Crippen molar-refractivity contribution in [2.45, 2.75) is 13.1 Å². The zero-order valence-corrected chi connectivity index (χ0v) is 19.5. The Bertz CT molecular complexity index is 1260. The van der Waals surface area contributed by atoms with E-state index >= 15 is 0 Å². The minimum absolute atomic E-state index is 0.00719. The Morgan fingerprint density at radius 3 is 1.89 bits per heavy atom. The molecule has 3 rings (SSSR count). The molecule has 3 aromatic rings. The van der Waals surface area contributed by atoms with E-state index in [1.807, 2.05) is 12.1 Å². The quantitative estimate of drug-likeness (QED) is 0.174. The third kappa shape index (κ3) is 7.02. The van der Waals surface area contributed by atoms with Crippen LogP contribution in [-0.2, 0) is 20.4 Å². The molecule has 0 aliphatic heterocycles. The molecule has 3 aromatic carbocycles. The topological polar surface area (TPSA) is 54.0 Å². The van der Waals surface area contributed by atoms with E-state index in [4.69, 9.17) is 18.9 Å². The summed E-state index contributed by atoms with van der Waals surface area (Å²) in [6, 6.07) is 17.6. The predicted molar refractivity (Wildman–Crippen MR) is 130 cm³/mol. The zero-order valence-electron chi connectivity index (χ0n) is 19.5. The number of esters is 1. The first-order valence-corrected chi connectivity index (χ1v) is 10.6. The second-order valence-corrected chi connectivity index (χ2v) is 7.51. The van der Waals surface area contributed by atoms with Gasteiger partial charge in [-0.25, -0.2) is 4.79 Å². The van der Waals surface area contributed by atoms with Gasteiger partial charge in [0.25, 0.3) is 0 Å². The molecule has 0 saturated carbocycles. The average molecular weight is 496 g/mol. The zero-order chi connectivity index (χ0) is 26.1. The van der Waals surface area contributed by atoms with Gasteiger partial charge in [0.15, 0.2) is 0 Å². The largest absolute Gasteiger partial charge is 0.501 e. The number of ether oxygens (including phenoxy) is 4. The number of halogens is 3. The molecule has 8 heteroatoms. The van der Waals surface area contributed by atoms with Crippen molar-refractivity contribution in [1.29, 1.82) is 0 Å². The fourth-order valence-electron chi connectivity index (χ4n) is 3.11. The predicted octanol–water partition coefficient (Wildman–Crippen LogP) is 7.51. The Labute approximate surface area is 206 Å². The van der Waals surface area contributed by atoms with Crippen molar-refractivity contribution in [2.75, 3.05) is 7.11 Å². The highest BCUT2D eigenvalue weighted by molar-refractivity contribution is 5.87. The van der Waals surface area contributed by atoms with E-state index < -0.39 is 17.7 Å². The molecule has 0 bridgehead atoms. The van der Waals surface area contributed by atoms with Gasteiger partial charge in [-0.3, -0.25) is 0 Å². The Kier molecular flexibility index (Phi) is 8.57. The minimum Gasteiger partial charge on any atom is -0.501 e. The molecule has 0 saturated heterocycles. The van der Waals surface area contributed by atoms with Crippen molar-refractivity contribution < 1.29 is 36.9 Å². The Balaban J connectivity index is 1.79. The van der Waals surface area contributed by atoms with Crippen molar-refractivity contribution in [3.05, 3.63) is 109 Å². The highest BCUT2D eigenvalue weighted by atomic mass is 19.4. The Morgan fingerprint density at radius 1 is 0.778 bits per heavy atom. The molecule has 36 heavy (non-hydrogen) atoms. The van der Waals surface area contributed by atoms with Crippen LogP contribution in [0.1, 0.15) is 12.5 Å². The van der Waals surface area contributed by atoms with E-state index in [1.54, 1.807) is 36.4 Å². The summed E-state index contributed by atoms with van der Waals surface area (Å²) in [7, 11) is 1.51. The molecule has 0 aliphatic rings. The van der Waals surface area contributed by atoms with E-state index in [1.165, 1.54) is 38.7 Å². The summed E-state index contributed by atoms with van der Waals surface area (Å²) in [5, 5.41) is 0. The lowest BCUT2D eigenvalue weighted by atomic mass is 9.96. The third-order valence-corrected chi connectivity index (χ3v) is 4.86. The summed E-state index contributed by atoms with van der Waals surface area (Å²) in [5.41, 5.74) is 1.44. The van der Waals surface area contributed by atoms with Crippen LogP contribution in [0.4, 0.5) is 13.2 Å². The number of alkyl halides is 3. The maximum Gasteiger partial charge on any atom is 0.417 e. The molecule has 0 heterocycles. The van der Waals surface area contributed by atoms with Crippen molar-refractivity contribution in [2.24, 2.45) is 0 Å². The maximum absolute atomic E-state index is 13.8. The molecule has 0 atom stereocenters.